The zero-order valence-corrected chi connectivity index (χ0v) is 19.6. The van der Waals surface area contributed by atoms with Gasteiger partial charge in [-0.3, -0.25) is 14.2 Å². The Bertz CT molecular complexity index is 1820. The summed E-state index contributed by atoms with van der Waals surface area (Å²) >= 11 is 0. The highest BCUT2D eigenvalue weighted by molar-refractivity contribution is 6.07. The molecule has 0 aliphatic carbocycles. The number of fused-ring (bicyclic) bond motifs is 2. The number of carbonyl (C=O) groups is 1. The van der Waals surface area contributed by atoms with E-state index < -0.39 is 0 Å². The van der Waals surface area contributed by atoms with E-state index in [2.05, 4.69) is 9.97 Å². The third kappa shape index (κ3) is 3.69. The predicted octanol–water partition coefficient (Wildman–Crippen LogP) is 5.52. The molecule has 0 atom stereocenters. The minimum absolute atomic E-state index is 0.00667. The molecule has 6 aromatic rings. The number of hydrogen-bond acceptors (Lipinski definition) is 4. The molecule has 0 spiro atoms. The van der Waals surface area contributed by atoms with Crippen molar-refractivity contribution in [3.05, 3.63) is 131 Å². The second-order valence-corrected chi connectivity index (χ2v) is 8.71. The molecule has 0 bridgehead atoms. The van der Waals surface area contributed by atoms with Crippen LogP contribution in [0.2, 0.25) is 0 Å². The highest BCUT2D eigenvalue weighted by Gasteiger charge is 2.16. The van der Waals surface area contributed by atoms with Gasteiger partial charge in [0.2, 0.25) is 0 Å². The molecule has 174 valence electrons. The molecule has 0 aliphatic heterocycles. The first-order valence-corrected chi connectivity index (χ1v) is 11.7. The third-order valence-corrected chi connectivity index (χ3v) is 6.36. The van der Waals surface area contributed by atoms with Gasteiger partial charge in [-0.25, -0.2) is 9.97 Å². The number of benzene rings is 3. The van der Waals surface area contributed by atoms with Crippen molar-refractivity contribution >= 4 is 27.9 Å². The van der Waals surface area contributed by atoms with Crippen LogP contribution >= 0.6 is 0 Å². The lowest BCUT2D eigenvalue weighted by Gasteiger charge is -2.13. The van der Waals surface area contributed by atoms with Crippen molar-refractivity contribution in [2.75, 3.05) is 0 Å². The van der Waals surface area contributed by atoms with E-state index in [0.29, 0.717) is 34.5 Å². The minimum Gasteiger partial charge on any atom is -0.316 e. The lowest BCUT2D eigenvalue weighted by molar-refractivity contribution is 0.101. The lowest BCUT2D eigenvalue weighted by Crippen LogP contribution is -2.25. The third-order valence-electron chi connectivity index (χ3n) is 6.36. The van der Waals surface area contributed by atoms with E-state index >= 15 is 0 Å². The van der Waals surface area contributed by atoms with Crippen molar-refractivity contribution in [1.29, 1.82) is 0 Å². The van der Waals surface area contributed by atoms with Crippen LogP contribution in [0.1, 0.15) is 28.5 Å². The normalized spacial score (nSPS) is 11.2. The Balaban J connectivity index is 1.56. The molecule has 3 aromatic carbocycles. The van der Waals surface area contributed by atoms with Crippen molar-refractivity contribution in [2.45, 2.75) is 13.3 Å². The van der Waals surface area contributed by atoms with Crippen LogP contribution in [0.3, 0.4) is 0 Å². The first-order chi connectivity index (χ1) is 17.6. The number of Topliss-reactive ketones (excluding diaryl/α,β-unsaturated/α-hetero) is 1. The quantitative estimate of drug-likeness (QED) is 0.311. The molecule has 0 saturated heterocycles. The van der Waals surface area contributed by atoms with E-state index in [0.717, 1.165) is 22.2 Å². The smallest absolute Gasteiger partial charge is 0.278 e. The fraction of sp³-hybridized carbons (Fsp3) is 0.0667. The maximum atomic E-state index is 13.8. The topological polar surface area (TPSA) is 69.8 Å². The molecule has 0 aliphatic rings. The number of para-hydroxylation sites is 1. The van der Waals surface area contributed by atoms with Gasteiger partial charge in [-0.05, 0) is 48.9 Å². The molecule has 0 fully saturated rings. The summed E-state index contributed by atoms with van der Waals surface area (Å²) < 4.78 is 3.62. The van der Waals surface area contributed by atoms with Gasteiger partial charge in [0.15, 0.2) is 11.4 Å². The Labute approximate surface area is 207 Å². The fourth-order valence-electron chi connectivity index (χ4n) is 4.67. The number of nitrogens with zero attached hydrogens (tertiary/aromatic N) is 4. The summed E-state index contributed by atoms with van der Waals surface area (Å²) in [4.78, 5) is 35.2. The van der Waals surface area contributed by atoms with Gasteiger partial charge in [-0.1, -0.05) is 54.6 Å². The van der Waals surface area contributed by atoms with Gasteiger partial charge in [-0.15, -0.1) is 0 Å². The lowest BCUT2D eigenvalue weighted by atomic mass is 10.1. The maximum Gasteiger partial charge on any atom is 0.278 e. The van der Waals surface area contributed by atoms with Gasteiger partial charge in [0.05, 0.1) is 11.2 Å². The minimum atomic E-state index is -0.205. The molecule has 0 N–H and O–H groups in total. The van der Waals surface area contributed by atoms with Gasteiger partial charge in [-0.2, -0.15) is 0 Å². The molecule has 0 unspecified atom stereocenters. The summed E-state index contributed by atoms with van der Waals surface area (Å²) in [5, 5.41) is 0.897. The highest BCUT2D eigenvalue weighted by atomic mass is 16.1. The highest BCUT2D eigenvalue weighted by Crippen LogP contribution is 2.26. The molecule has 3 heterocycles. The van der Waals surface area contributed by atoms with Gasteiger partial charge in [0.25, 0.3) is 5.56 Å². The van der Waals surface area contributed by atoms with Crippen molar-refractivity contribution in [3.8, 4) is 11.4 Å². The molecule has 0 radical (unpaired) electrons. The van der Waals surface area contributed by atoms with E-state index in [1.807, 2.05) is 102 Å². The number of ketones is 1. The van der Waals surface area contributed by atoms with Crippen molar-refractivity contribution in [2.24, 2.45) is 0 Å². The second kappa shape index (κ2) is 8.74. The standard InChI is InChI=1S/C30H22N4O2/c1-20(35)25-19-33(28-15-6-5-13-24(25)28)22-11-7-12-23(18-22)34-29-26(14-8-16-31-29)32-27(30(34)36)17-21-9-3-2-4-10-21/h2-16,18-19H,17H2,1H3. The molecule has 6 rings (SSSR count). The van der Waals surface area contributed by atoms with E-state index in [1.54, 1.807) is 17.7 Å². The molecular formula is C30H22N4O2. The molecular weight excluding hydrogens is 448 g/mol. The van der Waals surface area contributed by atoms with Crippen molar-refractivity contribution < 1.29 is 4.79 Å². The summed E-state index contributed by atoms with van der Waals surface area (Å²) in [5.41, 5.74) is 5.53. The van der Waals surface area contributed by atoms with Gasteiger partial charge in [0, 0.05) is 35.5 Å². The van der Waals surface area contributed by atoms with E-state index in [4.69, 9.17) is 0 Å². The molecule has 36 heavy (non-hydrogen) atoms. The van der Waals surface area contributed by atoms with Gasteiger partial charge >= 0.3 is 0 Å². The van der Waals surface area contributed by atoms with Crippen LogP contribution < -0.4 is 5.56 Å². The average molecular weight is 471 g/mol. The number of aromatic nitrogens is 4. The van der Waals surface area contributed by atoms with Crippen LogP contribution in [0.5, 0.6) is 0 Å². The van der Waals surface area contributed by atoms with E-state index in [9.17, 15) is 9.59 Å². The zero-order valence-electron chi connectivity index (χ0n) is 19.6. The number of hydrogen-bond donors (Lipinski definition) is 0. The first-order valence-electron chi connectivity index (χ1n) is 11.7. The van der Waals surface area contributed by atoms with E-state index in [-0.39, 0.29) is 11.3 Å². The number of rotatable bonds is 5. The fourth-order valence-corrected chi connectivity index (χ4v) is 4.67. The summed E-state index contributed by atoms with van der Waals surface area (Å²) in [5.74, 6) is 0.00667. The monoisotopic (exact) mass is 470 g/mol. The zero-order chi connectivity index (χ0) is 24.6. The summed E-state index contributed by atoms with van der Waals surface area (Å²) in [7, 11) is 0. The van der Waals surface area contributed by atoms with Crippen LogP contribution in [0.25, 0.3) is 33.4 Å². The Hall–Kier alpha value is -4.84. The summed E-state index contributed by atoms with van der Waals surface area (Å²) in [6.07, 6.45) is 3.95. The molecule has 6 heteroatoms. The predicted molar refractivity (Wildman–Crippen MR) is 141 cm³/mol. The van der Waals surface area contributed by atoms with Crippen LogP contribution in [-0.4, -0.2) is 24.9 Å². The molecule has 0 saturated carbocycles. The van der Waals surface area contributed by atoms with Gasteiger partial charge < -0.3 is 4.57 Å². The summed E-state index contributed by atoms with van der Waals surface area (Å²) in [6, 6.07) is 29.1. The van der Waals surface area contributed by atoms with Crippen LogP contribution in [0.15, 0.2) is 108 Å². The van der Waals surface area contributed by atoms with E-state index in [1.165, 1.54) is 0 Å². The van der Waals surface area contributed by atoms with Crippen LogP contribution in [0, 0.1) is 0 Å². The Morgan fingerprint density at radius 1 is 0.861 bits per heavy atom. The molecule has 3 aromatic heterocycles. The first kappa shape index (κ1) is 21.7. The van der Waals surface area contributed by atoms with Crippen LogP contribution in [-0.2, 0) is 6.42 Å². The largest absolute Gasteiger partial charge is 0.316 e. The van der Waals surface area contributed by atoms with Gasteiger partial charge in [0.1, 0.15) is 11.2 Å². The maximum absolute atomic E-state index is 13.8. The number of pyridine rings is 1. The average Bonchev–Trinajstić information content (AvgIpc) is 3.30. The molecule has 6 nitrogen and oxygen atoms in total. The Morgan fingerprint density at radius 3 is 2.47 bits per heavy atom. The van der Waals surface area contributed by atoms with Crippen molar-refractivity contribution in [1.82, 2.24) is 19.1 Å². The Kier molecular flexibility index (Phi) is 5.26. The number of carbonyl (C=O) groups excluding carboxylic acids is 1. The second-order valence-electron chi connectivity index (χ2n) is 8.71. The SMILES string of the molecule is CC(=O)c1cn(-c2cccc(-n3c(=O)c(Cc4ccccc4)nc4cccnc43)c2)c2ccccc12. The van der Waals surface area contributed by atoms with Crippen LogP contribution in [0.4, 0.5) is 0 Å². The Morgan fingerprint density at radius 2 is 1.64 bits per heavy atom. The molecule has 0 amide bonds. The summed E-state index contributed by atoms with van der Waals surface area (Å²) in [6.45, 7) is 1.57. The van der Waals surface area contributed by atoms with Crippen molar-refractivity contribution in [3.63, 3.8) is 0 Å².